The molecule has 90 valence electrons. The van der Waals surface area contributed by atoms with Crippen LogP contribution < -0.4 is 5.32 Å². The van der Waals surface area contributed by atoms with Crippen LogP contribution in [0.5, 0.6) is 0 Å². The lowest BCUT2D eigenvalue weighted by molar-refractivity contribution is 0.453. The summed E-state index contributed by atoms with van der Waals surface area (Å²) < 4.78 is 19.0. The van der Waals surface area contributed by atoms with Crippen LogP contribution in [0.25, 0.3) is 0 Å². The zero-order valence-electron chi connectivity index (χ0n) is 9.61. The monoisotopic (exact) mass is 252 g/mol. The minimum Gasteiger partial charge on any atom is -0.440 e. The van der Waals surface area contributed by atoms with Gasteiger partial charge in [-0.25, -0.2) is 9.37 Å². The first kappa shape index (κ1) is 12.1. The van der Waals surface area contributed by atoms with Gasteiger partial charge in [-0.1, -0.05) is 6.07 Å². The maximum Gasteiger partial charge on any atom is 0.260 e. The molecule has 0 fully saturated rings. The van der Waals surface area contributed by atoms with Crippen molar-refractivity contribution in [1.82, 2.24) is 10.3 Å². The lowest BCUT2D eigenvalue weighted by Crippen LogP contribution is -2.14. The highest BCUT2D eigenvalue weighted by Gasteiger charge is 2.16. The van der Waals surface area contributed by atoms with Crippen molar-refractivity contribution in [2.75, 3.05) is 7.05 Å². The maximum atomic E-state index is 13.8. The van der Waals surface area contributed by atoms with Gasteiger partial charge in [-0.3, -0.25) is 0 Å². The molecule has 1 atom stereocenters. The molecule has 0 amide bonds. The quantitative estimate of drug-likeness (QED) is 0.906. The van der Waals surface area contributed by atoms with Crippen molar-refractivity contribution < 1.29 is 8.81 Å². The second kappa shape index (κ2) is 5.33. The number of halogens is 1. The number of oxazole rings is 1. The van der Waals surface area contributed by atoms with Crippen LogP contribution >= 0.6 is 11.8 Å². The van der Waals surface area contributed by atoms with Crippen LogP contribution in [0.4, 0.5) is 4.39 Å². The van der Waals surface area contributed by atoms with E-state index in [-0.39, 0.29) is 11.9 Å². The molecule has 0 radical (unpaired) electrons. The van der Waals surface area contributed by atoms with Gasteiger partial charge >= 0.3 is 0 Å². The highest BCUT2D eigenvalue weighted by molar-refractivity contribution is 7.99. The lowest BCUT2D eigenvalue weighted by atomic mass is 10.1. The number of aromatic nitrogens is 1. The third kappa shape index (κ3) is 2.68. The Morgan fingerprint density at radius 2 is 2.29 bits per heavy atom. The van der Waals surface area contributed by atoms with Gasteiger partial charge < -0.3 is 9.73 Å². The zero-order valence-corrected chi connectivity index (χ0v) is 10.4. The van der Waals surface area contributed by atoms with Crippen LogP contribution in [0.2, 0.25) is 0 Å². The van der Waals surface area contributed by atoms with E-state index >= 15 is 0 Å². The zero-order chi connectivity index (χ0) is 12.3. The molecular weight excluding hydrogens is 239 g/mol. The first-order valence-electron chi connectivity index (χ1n) is 5.25. The van der Waals surface area contributed by atoms with Crippen LogP contribution in [0.1, 0.15) is 18.5 Å². The highest BCUT2D eigenvalue weighted by Crippen LogP contribution is 2.33. The molecule has 17 heavy (non-hydrogen) atoms. The Morgan fingerprint density at radius 3 is 2.94 bits per heavy atom. The molecule has 1 aromatic heterocycles. The molecule has 1 N–H and O–H groups in total. The molecule has 3 nitrogen and oxygen atoms in total. The van der Waals surface area contributed by atoms with E-state index in [0.717, 1.165) is 4.90 Å². The van der Waals surface area contributed by atoms with Gasteiger partial charge in [0.1, 0.15) is 12.1 Å². The number of rotatable bonds is 4. The Labute approximate surface area is 103 Å². The normalized spacial score (nSPS) is 12.6. The fraction of sp³-hybridized carbons (Fsp3) is 0.250. The van der Waals surface area contributed by atoms with Crippen LogP contribution in [0.15, 0.2) is 45.2 Å². The lowest BCUT2D eigenvalue weighted by Gasteiger charge is -2.15. The minimum atomic E-state index is -0.219. The Kier molecular flexibility index (Phi) is 3.81. The summed E-state index contributed by atoms with van der Waals surface area (Å²) in [6.07, 6.45) is 3.08. The van der Waals surface area contributed by atoms with Crippen molar-refractivity contribution in [3.63, 3.8) is 0 Å². The summed E-state index contributed by atoms with van der Waals surface area (Å²) in [5, 5.41) is 3.55. The third-order valence-corrected chi connectivity index (χ3v) is 3.44. The van der Waals surface area contributed by atoms with Crippen LogP contribution in [0, 0.1) is 5.82 Å². The first-order valence-corrected chi connectivity index (χ1v) is 6.07. The van der Waals surface area contributed by atoms with E-state index in [0.29, 0.717) is 10.8 Å². The van der Waals surface area contributed by atoms with Gasteiger partial charge in [-0.15, -0.1) is 0 Å². The van der Waals surface area contributed by atoms with Gasteiger partial charge in [0.05, 0.1) is 6.20 Å². The maximum absolute atomic E-state index is 13.8. The van der Waals surface area contributed by atoms with Crippen LogP contribution in [-0.2, 0) is 0 Å². The number of nitrogens with zero attached hydrogens (tertiary/aromatic N) is 1. The van der Waals surface area contributed by atoms with E-state index in [2.05, 4.69) is 10.3 Å². The summed E-state index contributed by atoms with van der Waals surface area (Å²) in [6.45, 7) is 1.91. The smallest absolute Gasteiger partial charge is 0.260 e. The van der Waals surface area contributed by atoms with Crippen LogP contribution in [0.3, 0.4) is 0 Å². The first-order chi connectivity index (χ1) is 8.22. The molecule has 0 aliphatic rings. The number of hydrogen-bond donors (Lipinski definition) is 1. The van der Waals surface area contributed by atoms with Crippen molar-refractivity contribution in [1.29, 1.82) is 0 Å². The summed E-state index contributed by atoms with van der Waals surface area (Å²) in [7, 11) is 1.80. The largest absolute Gasteiger partial charge is 0.440 e. The molecule has 2 rings (SSSR count). The van der Waals surface area contributed by atoms with E-state index in [1.165, 1.54) is 24.1 Å². The Balaban J connectivity index is 2.36. The summed E-state index contributed by atoms with van der Waals surface area (Å²) in [5.41, 5.74) is 0.637. The molecule has 0 bridgehead atoms. The van der Waals surface area contributed by atoms with Gasteiger partial charge in [0.2, 0.25) is 0 Å². The summed E-state index contributed by atoms with van der Waals surface area (Å²) in [6, 6.07) is 4.95. The second-order valence-corrected chi connectivity index (χ2v) is 4.56. The topological polar surface area (TPSA) is 38.1 Å². The van der Waals surface area contributed by atoms with Gasteiger partial charge in [-0.05, 0) is 37.9 Å². The molecule has 2 aromatic rings. The molecule has 5 heteroatoms. The van der Waals surface area contributed by atoms with Crippen molar-refractivity contribution in [2.24, 2.45) is 0 Å². The number of benzene rings is 1. The van der Waals surface area contributed by atoms with Gasteiger partial charge in [0.25, 0.3) is 5.22 Å². The SMILES string of the molecule is CNC(C)c1c(F)cccc1Sc1ncco1. The number of nitrogens with one attached hydrogen (secondary N) is 1. The number of hydrogen-bond acceptors (Lipinski definition) is 4. The van der Waals surface area contributed by atoms with Crippen molar-refractivity contribution in [3.8, 4) is 0 Å². The van der Waals surface area contributed by atoms with E-state index < -0.39 is 0 Å². The van der Waals surface area contributed by atoms with E-state index in [1.54, 1.807) is 19.3 Å². The van der Waals surface area contributed by atoms with E-state index in [9.17, 15) is 4.39 Å². The van der Waals surface area contributed by atoms with Crippen LogP contribution in [-0.4, -0.2) is 12.0 Å². The van der Waals surface area contributed by atoms with Crippen molar-refractivity contribution >= 4 is 11.8 Å². The van der Waals surface area contributed by atoms with Crippen molar-refractivity contribution in [2.45, 2.75) is 23.1 Å². The predicted octanol–water partition coefficient (Wildman–Crippen LogP) is 3.25. The van der Waals surface area contributed by atoms with Crippen molar-refractivity contribution in [3.05, 3.63) is 42.0 Å². The average Bonchev–Trinajstić information content (AvgIpc) is 2.81. The predicted molar refractivity (Wildman–Crippen MR) is 64.5 cm³/mol. The molecule has 0 saturated carbocycles. The molecule has 1 unspecified atom stereocenters. The fourth-order valence-corrected chi connectivity index (χ4v) is 2.46. The molecule has 0 spiro atoms. The van der Waals surface area contributed by atoms with E-state index in [1.807, 2.05) is 13.0 Å². The Hall–Kier alpha value is -1.33. The Morgan fingerprint density at radius 1 is 1.47 bits per heavy atom. The second-order valence-electron chi connectivity index (χ2n) is 3.56. The standard InChI is InChI=1S/C12H13FN2OS/c1-8(14-2)11-9(13)4-3-5-10(11)17-12-15-6-7-16-12/h3-8,14H,1-2H3. The summed E-state index contributed by atoms with van der Waals surface area (Å²) in [4.78, 5) is 4.84. The molecular formula is C12H13FN2OS. The Bertz CT molecular complexity index is 487. The summed E-state index contributed by atoms with van der Waals surface area (Å²) in [5.74, 6) is -0.219. The molecule has 0 aliphatic heterocycles. The van der Waals surface area contributed by atoms with Gasteiger partial charge in [0, 0.05) is 16.5 Å². The molecule has 0 aliphatic carbocycles. The minimum absolute atomic E-state index is 0.0614. The highest BCUT2D eigenvalue weighted by atomic mass is 32.2. The van der Waals surface area contributed by atoms with Gasteiger partial charge in [-0.2, -0.15) is 0 Å². The van der Waals surface area contributed by atoms with E-state index in [4.69, 9.17) is 4.42 Å². The summed E-state index contributed by atoms with van der Waals surface area (Å²) >= 11 is 1.32. The third-order valence-electron chi connectivity index (χ3n) is 2.49. The van der Waals surface area contributed by atoms with Gasteiger partial charge in [0.15, 0.2) is 0 Å². The average molecular weight is 252 g/mol. The molecule has 1 aromatic carbocycles. The fourth-order valence-electron chi connectivity index (χ4n) is 1.53. The molecule has 0 saturated heterocycles. The molecule has 1 heterocycles.